The molecule has 0 aliphatic carbocycles. The summed E-state index contributed by atoms with van der Waals surface area (Å²) in [5, 5.41) is 3.20. The van der Waals surface area contributed by atoms with Gasteiger partial charge in [0.05, 0.1) is 12.1 Å². The summed E-state index contributed by atoms with van der Waals surface area (Å²) in [5.74, 6) is 0.454. The molecule has 0 radical (unpaired) electrons. The molecule has 4 heteroatoms. The van der Waals surface area contributed by atoms with E-state index in [2.05, 4.69) is 5.32 Å². The van der Waals surface area contributed by atoms with Gasteiger partial charge >= 0.3 is 0 Å². The fourth-order valence-corrected chi connectivity index (χ4v) is 1.91. The van der Waals surface area contributed by atoms with Gasteiger partial charge in [-0.2, -0.15) is 0 Å². The number of rotatable bonds is 7. The molecule has 1 amide bonds. The van der Waals surface area contributed by atoms with Gasteiger partial charge in [0.15, 0.2) is 0 Å². The summed E-state index contributed by atoms with van der Waals surface area (Å²) in [6.07, 6.45) is 0.536. The standard InChI is InChI=1S/C15H24N2O2/c1-11(2)17-15(4,14(16)18)9-10-19-13-7-5-12(3)6-8-13/h5-8,11,17H,9-10H2,1-4H3,(H2,16,18). The van der Waals surface area contributed by atoms with Crippen LogP contribution in [0.2, 0.25) is 0 Å². The van der Waals surface area contributed by atoms with E-state index < -0.39 is 5.54 Å². The highest BCUT2D eigenvalue weighted by Gasteiger charge is 2.31. The van der Waals surface area contributed by atoms with E-state index in [4.69, 9.17) is 10.5 Å². The van der Waals surface area contributed by atoms with Crippen molar-refractivity contribution < 1.29 is 9.53 Å². The van der Waals surface area contributed by atoms with Gasteiger partial charge in [-0.25, -0.2) is 0 Å². The Hall–Kier alpha value is -1.55. The predicted molar refractivity (Wildman–Crippen MR) is 77.2 cm³/mol. The summed E-state index contributed by atoms with van der Waals surface area (Å²) in [5.41, 5.74) is 5.91. The number of nitrogens with one attached hydrogen (secondary N) is 1. The minimum absolute atomic E-state index is 0.192. The number of hydrogen-bond donors (Lipinski definition) is 2. The zero-order chi connectivity index (χ0) is 14.5. The van der Waals surface area contributed by atoms with Crippen molar-refractivity contribution in [1.82, 2.24) is 5.32 Å². The topological polar surface area (TPSA) is 64.3 Å². The van der Waals surface area contributed by atoms with Gasteiger partial charge in [-0.15, -0.1) is 0 Å². The van der Waals surface area contributed by atoms with Crippen molar-refractivity contribution in [3.05, 3.63) is 29.8 Å². The lowest BCUT2D eigenvalue weighted by Crippen LogP contribution is -2.56. The van der Waals surface area contributed by atoms with E-state index in [1.807, 2.05) is 52.0 Å². The zero-order valence-electron chi connectivity index (χ0n) is 12.2. The van der Waals surface area contributed by atoms with Crippen LogP contribution in [0, 0.1) is 6.92 Å². The van der Waals surface area contributed by atoms with Gasteiger partial charge in [0.25, 0.3) is 0 Å². The molecule has 0 aliphatic rings. The van der Waals surface area contributed by atoms with E-state index in [0.29, 0.717) is 13.0 Å². The second kappa shape index (κ2) is 6.57. The summed E-state index contributed by atoms with van der Waals surface area (Å²) in [4.78, 5) is 11.5. The smallest absolute Gasteiger partial charge is 0.237 e. The van der Waals surface area contributed by atoms with E-state index >= 15 is 0 Å². The fourth-order valence-electron chi connectivity index (χ4n) is 1.91. The Morgan fingerprint density at radius 3 is 2.42 bits per heavy atom. The van der Waals surface area contributed by atoms with Crippen LogP contribution < -0.4 is 15.8 Å². The Labute approximate surface area is 115 Å². The molecule has 0 aliphatic heterocycles. The van der Waals surface area contributed by atoms with Gasteiger partial charge in [0.1, 0.15) is 5.75 Å². The number of benzene rings is 1. The molecular weight excluding hydrogens is 240 g/mol. The van der Waals surface area contributed by atoms with Gasteiger partial charge in [-0.1, -0.05) is 17.7 Å². The molecule has 0 heterocycles. The van der Waals surface area contributed by atoms with Gasteiger partial charge in [0.2, 0.25) is 5.91 Å². The zero-order valence-corrected chi connectivity index (χ0v) is 12.2. The van der Waals surface area contributed by atoms with E-state index in [9.17, 15) is 4.79 Å². The van der Waals surface area contributed by atoms with Gasteiger partial charge < -0.3 is 15.8 Å². The molecule has 19 heavy (non-hydrogen) atoms. The first-order valence-corrected chi connectivity index (χ1v) is 6.60. The first-order chi connectivity index (χ1) is 8.83. The summed E-state index contributed by atoms with van der Waals surface area (Å²) >= 11 is 0. The number of ether oxygens (including phenoxy) is 1. The number of carbonyl (C=O) groups excluding carboxylic acids is 1. The maximum Gasteiger partial charge on any atom is 0.237 e. The number of carbonyl (C=O) groups is 1. The second-order valence-electron chi connectivity index (χ2n) is 5.41. The highest BCUT2D eigenvalue weighted by molar-refractivity contribution is 5.84. The molecule has 106 valence electrons. The Kier molecular flexibility index (Phi) is 5.36. The number of hydrogen-bond acceptors (Lipinski definition) is 3. The highest BCUT2D eigenvalue weighted by atomic mass is 16.5. The number of amides is 1. The van der Waals surface area contributed by atoms with Crippen molar-refractivity contribution in [1.29, 1.82) is 0 Å². The lowest BCUT2D eigenvalue weighted by Gasteiger charge is -2.29. The van der Waals surface area contributed by atoms with Crippen LogP contribution in [0.5, 0.6) is 5.75 Å². The molecule has 0 aromatic heterocycles. The Morgan fingerprint density at radius 2 is 1.95 bits per heavy atom. The minimum atomic E-state index is -0.737. The summed E-state index contributed by atoms with van der Waals surface area (Å²) in [6, 6.07) is 8.03. The van der Waals surface area contributed by atoms with E-state index in [-0.39, 0.29) is 11.9 Å². The predicted octanol–water partition coefficient (Wildman–Crippen LogP) is 2.01. The number of aryl methyl sites for hydroxylation is 1. The monoisotopic (exact) mass is 264 g/mol. The van der Waals surface area contributed by atoms with Crippen molar-refractivity contribution >= 4 is 5.91 Å². The summed E-state index contributed by atoms with van der Waals surface area (Å²) in [7, 11) is 0. The molecule has 1 aromatic rings. The average Bonchev–Trinajstić information content (AvgIpc) is 2.30. The number of primary amides is 1. The molecule has 3 N–H and O–H groups in total. The molecule has 0 bridgehead atoms. The lowest BCUT2D eigenvalue weighted by molar-refractivity contribution is -0.124. The number of nitrogens with two attached hydrogens (primary N) is 1. The molecule has 1 atom stereocenters. The van der Waals surface area contributed by atoms with Crippen LogP contribution in [0.15, 0.2) is 24.3 Å². The SMILES string of the molecule is Cc1ccc(OCCC(C)(NC(C)C)C(N)=O)cc1. The molecule has 0 saturated heterocycles. The van der Waals surface area contributed by atoms with Gasteiger partial charge in [0, 0.05) is 12.5 Å². The third-order valence-corrected chi connectivity index (χ3v) is 3.04. The quantitative estimate of drug-likeness (QED) is 0.791. The Bertz CT molecular complexity index is 415. The van der Waals surface area contributed by atoms with Crippen LogP contribution in [-0.4, -0.2) is 24.1 Å². The summed E-state index contributed by atoms with van der Waals surface area (Å²) in [6.45, 7) is 8.26. The normalized spacial score (nSPS) is 14.2. The van der Waals surface area contributed by atoms with Crippen LogP contribution in [-0.2, 0) is 4.79 Å². The van der Waals surface area contributed by atoms with Crippen molar-refractivity contribution in [3.63, 3.8) is 0 Å². The Morgan fingerprint density at radius 1 is 1.37 bits per heavy atom. The van der Waals surface area contributed by atoms with E-state index in [1.165, 1.54) is 5.56 Å². The van der Waals surface area contributed by atoms with Crippen LogP contribution in [0.3, 0.4) is 0 Å². The van der Waals surface area contributed by atoms with Crippen molar-refractivity contribution in [2.75, 3.05) is 6.61 Å². The van der Waals surface area contributed by atoms with Crippen LogP contribution in [0.4, 0.5) is 0 Å². The lowest BCUT2D eigenvalue weighted by atomic mass is 9.96. The average molecular weight is 264 g/mol. The largest absolute Gasteiger partial charge is 0.494 e. The Balaban J connectivity index is 2.53. The molecule has 1 aromatic carbocycles. The molecule has 4 nitrogen and oxygen atoms in total. The first-order valence-electron chi connectivity index (χ1n) is 6.60. The third-order valence-electron chi connectivity index (χ3n) is 3.04. The maximum atomic E-state index is 11.5. The van der Waals surface area contributed by atoms with Crippen LogP contribution in [0.1, 0.15) is 32.8 Å². The molecule has 1 unspecified atom stereocenters. The molecule has 0 spiro atoms. The fraction of sp³-hybridized carbons (Fsp3) is 0.533. The van der Waals surface area contributed by atoms with Crippen LogP contribution >= 0.6 is 0 Å². The molecular formula is C15H24N2O2. The maximum absolute atomic E-state index is 11.5. The molecule has 0 saturated carbocycles. The summed E-state index contributed by atoms with van der Waals surface area (Å²) < 4.78 is 5.64. The van der Waals surface area contributed by atoms with Crippen molar-refractivity contribution in [3.8, 4) is 5.75 Å². The van der Waals surface area contributed by atoms with Crippen molar-refractivity contribution in [2.24, 2.45) is 5.73 Å². The van der Waals surface area contributed by atoms with Crippen molar-refractivity contribution in [2.45, 2.75) is 45.7 Å². The van der Waals surface area contributed by atoms with Crippen LogP contribution in [0.25, 0.3) is 0 Å². The van der Waals surface area contributed by atoms with E-state index in [1.54, 1.807) is 0 Å². The second-order valence-corrected chi connectivity index (χ2v) is 5.41. The van der Waals surface area contributed by atoms with Gasteiger partial charge in [-0.3, -0.25) is 4.79 Å². The first kappa shape index (κ1) is 15.5. The highest BCUT2D eigenvalue weighted by Crippen LogP contribution is 2.15. The van der Waals surface area contributed by atoms with E-state index in [0.717, 1.165) is 5.75 Å². The van der Waals surface area contributed by atoms with Gasteiger partial charge in [-0.05, 0) is 39.8 Å². The molecule has 1 rings (SSSR count). The molecule has 0 fully saturated rings. The minimum Gasteiger partial charge on any atom is -0.494 e. The third kappa shape index (κ3) is 4.91.